The number of aryl methyl sites for hydroxylation is 1. The molecule has 0 saturated carbocycles. The molecule has 0 radical (unpaired) electrons. The van der Waals surface area contributed by atoms with Crippen LogP contribution in [0.5, 0.6) is 0 Å². The van der Waals surface area contributed by atoms with E-state index in [0.29, 0.717) is 26.3 Å². The number of carbonyl (C=O) groups is 1. The Bertz CT molecular complexity index is 663. The lowest BCUT2D eigenvalue weighted by Gasteiger charge is -2.29. The van der Waals surface area contributed by atoms with Gasteiger partial charge in [-0.15, -0.1) is 11.3 Å². The molecular weight excluding hydrogens is 310 g/mol. The first kappa shape index (κ1) is 16.0. The Morgan fingerprint density at radius 2 is 2.00 bits per heavy atom. The molecule has 122 valence electrons. The van der Waals surface area contributed by atoms with Gasteiger partial charge in [-0.1, -0.05) is 12.1 Å². The van der Waals surface area contributed by atoms with Gasteiger partial charge in [-0.25, -0.2) is 4.98 Å². The summed E-state index contributed by atoms with van der Waals surface area (Å²) in [5, 5.41) is 6.39. The van der Waals surface area contributed by atoms with E-state index in [1.54, 1.807) is 11.3 Å². The van der Waals surface area contributed by atoms with Gasteiger partial charge >= 0.3 is 0 Å². The summed E-state index contributed by atoms with van der Waals surface area (Å²) in [6, 6.07) is 7.80. The maximum Gasteiger partial charge on any atom is 0.244 e. The van der Waals surface area contributed by atoms with Crippen LogP contribution in [0.25, 0.3) is 11.3 Å². The zero-order valence-corrected chi connectivity index (χ0v) is 14.2. The van der Waals surface area contributed by atoms with Gasteiger partial charge in [0.05, 0.1) is 23.9 Å². The molecule has 2 heterocycles. The van der Waals surface area contributed by atoms with Crippen LogP contribution in [-0.4, -0.2) is 48.1 Å². The molecule has 1 aliphatic heterocycles. The molecule has 6 heteroatoms. The molecule has 3 rings (SSSR count). The van der Waals surface area contributed by atoms with Gasteiger partial charge in [-0.3, -0.25) is 4.79 Å². The van der Waals surface area contributed by atoms with Crippen LogP contribution in [0, 0.1) is 6.92 Å². The topological polar surface area (TPSA) is 54.5 Å². The highest BCUT2D eigenvalue weighted by Crippen LogP contribution is 2.23. The van der Waals surface area contributed by atoms with Gasteiger partial charge in [0.2, 0.25) is 5.91 Å². The molecule has 1 aliphatic rings. The first-order valence-electron chi connectivity index (χ1n) is 7.79. The zero-order valence-electron chi connectivity index (χ0n) is 13.4. The summed E-state index contributed by atoms with van der Waals surface area (Å²) < 4.78 is 5.29. The van der Waals surface area contributed by atoms with Crippen molar-refractivity contribution in [1.29, 1.82) is 0 Å². The predicted octanol–water partition coefficient (Wildman–Crippen LogP) is 2.78. The van der Waals surface area contributed by atoms with Crippen LogP contribution in [0.3, 0.4) is 0 Å². The Labute approximate surface area is 140 Å². The second kappa shape index (κ2) is 7.10. The first-order valence-corrected chi connectivity index (χ1v) is 8.67. The van der Waals surface area contributed by atoms with Crippen molar-refractivity contribution in [3.63, 3.8) is 0 Å². The molecule has 1 aromatic carbocycles. The lowest BCUT2D eigenvalue weighted by atomic mass is 10.1. The minimum atomic E-state index is -0.250. The summed E-state index contributed by atoms with van der Waals surface area (Å²) in [5.74, 6) is 0.118. The van der Waals surface area contributed by atoms with Crippen LogP contribution >= 0.6 is 11.3 Å². The number of benzene rings is 1. The number of nitrogens with one attached hydrogen (secondary N) is 1. The zero-order chi connectivity index (χ0) is 16.2. The molecule has 1 saturated heterocycles. The third-order valence-electron chi connectivity index (χ3n) is 3.88. The van der Waals surface area contributed by atoms with E-state index < -0.39 is 0 Å². The van der Waals surface area contributed by atoms with Crippen molar-refractivity contribution in [1.82, 2.24) is 9.88 Å². The number of morpholine rings is 1. The molecule has 0 aliphatic carbocycles. The third kappa shape index (κ3) is 3.89. The van der Waals surface area contributed by atoms with Crippen molar-refractivity contribution >= 4 is 22.9 Å². The number of anilines is 1. The number of hydrogen-bond donors (Lipinski definition) is 1. The third-order valence-corrected chi connectivity index (χ3v) is 4.65. The molecule has 0 spiro atoms. The number of nitrogens with zero attached hydrogens (tertiary/aromatic N) is 2. The Hall–Kier alpha value is -1.92. The largest absolute Gasteiger partial charge is 0.378 e. The first-order chi connectivity index (χ1) is 11.1. The Morgan fingerprint density at radius 3 is 2.61 bits per heavy atom. The van der Waals surface area contributed by atoms with Crippen molar-refractivity contribution in [2.24, 2.45) is 0 Å². The molecule has 5 nitrogen and oxygen atoms in total. The number of hydrogen-bond acceptors (Lipinski definition) is 5. The molecule has 0 bridgehead atoms. The Morgan fingerprint density at radius 1 is 1.30 bits per heavy atom. The second-order valence-electron chi connectivity index (χ2n) is 5.63. The quantitative estimate of drug-likeness (QED) is 0.936. The average Bonchev–Trinajstić information content (AvgIpc) is 3.02. The van der Waals surface area contributed by atoms with E-state index in [4.69, 9.17) is 4.74 Å². The average molecular weight is 331 g/mol. The second-order valence-corrected chi connectivity index (χ2v) is 6.70. The highest BCUT2D eigenvalue weighted by atomic mass is 32.1. The van der Waals surface area contributed by atoms with Gasteiger partial charge in [0.15, 0.2) is 0 Å². The van der Waals surface area contributed by atoms with Crippen molar-refractivity contribution in [3.8, 4) is 11.3 Å². The molecule has 0 unspecified atom stereocenters. The smallest absolute Gasteiger partial charge is 0.244 e. The summed E-state index contributed by atoms with van der Waals surface area (Å²) in [7, 11) is 0. The van der Waals surface area contributed by atoms with E-state index in [-0.39, 0.29) is 11.9 Å². The van der Waals surface area contributed by atoms with E-state index in [0.717, 1.165) is 22.0 Å². The van der Waals surface area contributed by atoms with Gasteiger partial charge in [-0.2, -0.15) is 0 Å². The van der Waals surface area contributed by atoms with Gasteiger partial charge < -0.3 is 15.0 Å². The Kier molecular flexibility index (Phi) is 4.93. The molecule has 1 fully saturated rings. The highest BCUT2D eigenvalue weighted by molar-refractivity contribution is 7.09. The summed E-state index contributed by atoms with van der Waals surface area (Å²) in [5.41, 5.74) is 3.03. The van der Waals surface area contributed by atoms with Crippen LogP contribution in [0.15, 0.2) is 29.6 Å². The summed E-state index contributed by atoms with van der Waals surface area (Å²) in [4.78, 5) is 18.7. The van der Waals surface area contributed by atoms with E-state index >= 15 is 0 Å². The normalized spacial score (nSPS) is 16.2. The maximum absolute atomic E-state index is 12.4. The minimum absolute atomic E-state index is 0.118. The van der Waals surface area contributed by atoms with E-state index in [1.807, 2.05) is 43.0 Å². The van der Waals surface area contributed by atoms with Crippen molar-refractivity contribution in [2.75, 3.05) is 31.6 Å². The number of carbonyl (C=O) groups excluding carboxylic acids is 1. The number of ether oxygens (including phenoxy) is 1. The van der Waals surface area contributed by atoms with Gasteiger partial charge in [0, 0.05) is 29.7 Å². The monoisotopic (exact) mass is 331 g/mol. The van der Waals surface area contributed by atoms with E-state index in [9.17, 15) is 4.79 Å². The SMILES string of the molecule is Cc1nc(-c2ccc(N[C@H](C)C(=O)N3CCOCC3)cc2)cs1. The van der Waals surface area contributed by atoms with Crippen LogP contribution in [0.2, 0.25) is 0 Å². The molecule has 1 aromatic heterocycles. The van der Waals surface area contributed by atoms with Gasteiger partial charge in [0.1, 0.15) is 6.04 Å². The van der Waals surface area contributed by atoms with E-state index in [1.165, 1.54) is 0 Å². The fourth-order valence-corrected chi connectivity index (χ4v) is 3.22. The standard InChI is InChI=1S/C17H21N3O2S/c1-12(17(21)20-7-9-22-10-8-20)18-15-5-3-14(4-6-15)16-11-23-13(2)19-16/h3-6,11-12,18H,7-10H2,1-2H3/t12-/m1/s1. The van der Waals surface area contributed by atoms with Crippen LogP contribution in [0.4, 0.5) is 5.69 Å². The maximum atomic E-state index is 12.4. The number of rotatable bonds is 4. The lowest BCUT2D eigenvalue weighted by Crippen LogP contribution is -2.46. The fraction of sp³-hybridized carbons (Fsp3) is 0.412. The van der Waals surface area contributed by atoms with Gasteiger partial charge in [-0.05, 0) is 26.0 Å². The predicted molar refractivity (Wildman–Crippen MR) is 92.8 cm³/mol. The van der Waals surface area contributed by atoms with Crippen molar-refractivity contribution in [3.05, 3.63) is 34.7 Å². The molecule has 1 amide bonds. The van der Waals surface area contributed by atoms with Crippen LogP contribution in [0.1, 0.15) is 11.9 Å². The summed E-state index contributed by atoms with van der Waals surface area (Å²) >= 11 is 1.65. The fourth-order valence-electron chi connectivity index (χ4n) is 2.60. The number of amides is 1. The molecular formula is C17H21N3O2S. The van der Waals surface area contributed by atoms with Crippen molar-refractivity contribution < 1.29 is 9.53 Å². The molecule has 1 N–H and O–H groups in total. The molecule has 1 atom stereocenters. The summed E-state index contributed by atoms with van der Waals surface area (Å²) in [6.45, 7) is 6.50. The van der Waals surface area contributed by atoms with Crippen molar-refractivity contribution in [2.45, 2.75) is 19.9 Å². The van der Waals surface area contributed by atoms with E-state index in [2.05, 4.69) is 15.7 Å². The number of thiazole rings is 1. The van der Waals surface area contributed by atoms with Crippen LogP contribution in [-0.2, 0) is 9.53 Å². The highest BCUT2D eigenvalue weighted by Gasteiger charge is 2.22. The van der Waals surface area contributed by atoms with Crippen LogP contribution < -0.4 is 5.32 Å². The van der Waals surface area contributed by atoms with Gasteiger partial charge in [0.25, 0.3) is 0 Å². The lowest BCUT2D eigenvalue weighted by molar-refractivity contribution is -0.135. The molecule has 2 aromatic rings. The molecule has 23 heavy (non-hydrogen) atoms. The Balaban J connectivity index is 1.62. The summed E-state index contributed by atoms with van der Waals surface area (Å²) in [6.07, 6.45) is 0. The minimum Gasteiger partial charge on any atom is -0.378 e. The number of aromatic nitrogens is 1.